The quantitative estimate of drug-likeness (QED) is 0.0726. The summed E-state index contributed by atoms with van der Waals surface area (Å²) in [6.07, 6.45) is -13.0. The van der Waals surface area contributed by atoms with Crippen molar-refractivity contribution in [3.8, 4) is 34.5 Å². The number of rotatable bonds is 14. The monoisotopic (exact) mass is 1090 g/mol. The molecule has 8 atom stereocenters. The first-order chi connectivity index (χ1) is 37.8. The van der Waals surface area contributed by atoms with Crippen LogP contribution >= 0.6 is 0 Å². The van der Waals surface area contributed by atoms with E-state index >= 15 is 0 Å². The highest BCUT2D eigenvalue weighted by Gasteiger charge is 2.57. The molecule has 410 valence electrons. The molecular formula is C56H48O23. The highest BCUT2D eigenvalue weighted by molar-refractivity contribution is 5.98. The number of ether oxygens (including phenoxy) is 14. The number of carbonyl (C=O) groups is 9. The predicted octanol–water partition coefficient (Wildman–Crippen LogP) is 5.75. The fraction of sp³-hybridized carbons (Fsp3) is 0.304. The molecule has 0 amide bonds. The second kappa shape index (κ2) is 22.7. The summed E-state index contributed by atoms with van der Waals surface area (Å²) in [5.74, 6) is -10.6. The molecule has 0 saturated carbocycles. The Balaban J connectivity index is 1.29. The number of carbonyl (C=O) groups excluding carboxylic acids is 9. The van der Waals surface area contributed by atoms with Gasteiger partial charge in [0.1, 0.15) is 0 Å². The molecule has 79 heavy (non-hydrogen) atoms. The maximum atomic E-state index is 14.3. The molecular weight excluding hydrogens is 1040 g/mol. The first-order valence-electron chi connectivity index (χ1n) is 24.3. The lowest BCUT2D eigenvalue weighted by Crippen LogP contribution is -2.59. The van der Waals surface area contributed by atoms with Crippen molar-refractivity contribution in [1.82, 2.24) is 0 Å². The van der Waals surface area contributed by atoms with Crippen molar-refractivity contribution in [2.45, 2.75) is 96.3 Å². The Morgan fingerprint density at radius 1 is 0.443 bits per heavy atom. The van der Waals surface area contributed by atoms with Crippen molar-refractivity contribution < 1.29 is 109 Å². The zero-order valence-electron chi connectivity index (χ0n) is 42.8. The molecule has 4 heterocycles. The second-order valence-electron chi connectivity index (χ2n) is 18.0. The van der Waals surface area contributed by atoms with Gasteiger partial charge in [-0.3, -0.25) is 28.8 Å². The van der Waals surface area contributed by atoms with Crippen molar-refractivity contribution in [3.63, 3.8) is 0 Å². The third-order valence-electron chi connectivity index (χ3n) is 12.4. The minimum Gasteiger partial charge on any atom is -0.456 e. The van der Waals surface area contributed by atoms with Crippen LogP contribution in [-0.2, 0) is 77.0 Å². The molecule has 23 nitrogen and oxygen atoms in total. The van der Waals surface area contributed by atoms with Gasteiger partial charge in [-0.1, -0.05) is 54.6 Å². The van der Waals surface area contributed by atoms with Crippen LogP contribution < -0.4 is 23.7 Å². The van der Waals surface area contributed by atoms with E-state index in [4.69, 9.17) is 66.3 Å². The van der Waals surface area contributed by atoms with Crippen LogP contribution in [0.4, 0.5) is 0 Å². The topological polar surface area (TPSA) is 283 Å². The van der Waals surface area contributed by atoms with Crippen LogP contribution in [-0.4, -0.2) is 116 Å². The van der Waals surface area contributed by atoms with Gasteiger partial charge < -0.3 is 66.3 Å². The van der Waals surface area contributed by atoms with Crippen molar-refractivity contribution in [2.24, 2.45) is 0 Å². The molecule has 2 saturated heterocycles. The van der Waals surface area contributed by atoms with Gasteiger partial charge in [0.2, 0.25) is 36.3 Å². The average Bonchev–Trinajstić information content (AvgIpc) is 2.87. The zero-order valence-corrected chi connectivity index (χ0v) is 42.8. The molecule has 2 fully saturated rings. The first-order valence-corrected chi connectivity index (χ1v) is 24.3. The van der Waals surface area contributed by atoms with Crippen LogP contribution in [0, 0.1) is 0 Å². The van der Waals surface area contributed by atoms with E-state index in [1.807, 2.05) is 0 Å². The van der Waals surface area contributed by atoms with Crippen LogP contribution in [0.2, 0.25) is 0 Å². The smallest absolute Gasteiger partial charge is 0.343 e. The van der Waals surface area contributed by atoms with Crippen LogP contribution in [0.25, 0.3) is 0 Å². The normalized spacial score (nSPS) is 22.1. The third-order valence-corrected chi connectivity index (χ3v) is 12.4. The molecule has 1 spiro atoms. The largest absolute Gasteiger partial charge is 0.456 e. The number of benzene rings is 5. The molecule has 5 aromatic rings. The lowest BCUT2D eigenvalue weighted by molar-refractivity contribution is -0.260. The Kier molecular flexibility index (Phi) is 15.6. The Morgan fingerprint density at radius 3 is 1.23 bits per heavy atom. The summed E-state index contributed by atoms with van der Waals surface area (Å²) in [6, 6.07) is 27.3. The summed E-state index contributed by atoms with van der Waals surface area (Å²) in [7, 11) is 0. The molecule has 0 aromatic heterocycles. The average molecular weight is 1090 g/mol. The van der Waals surface area contributed by atoms with Gasteiger partial charge >= 0.3 is 53.7 Å². The molecule has 0 radical (unpaired) electrons. The molecule has 0 bridgehead atoms. The molecule has 0 aliphatic carbocycles. The van der Waals surface area contributed by atoms with E-state index < -0.39 is 156 Å². The Hall–Kier alpha value is -9.35. The number of hydrogen-bond acceptors (Lipinski definition) is 23. The molecule has 5 aromatic carbocycles. The van der Waals surface area contributed by atoms with Gasteiger partial charge in [-0.2, -0.15) is 0 Å². The van der Waals surface area contributed by atoms with E-state index in [-0.39, 0.29) is 33.4 Å². The van der Waals surface area contributed by atoms with Gasteiger partial charge in [-0.25, -0.2) is 14.4 Å². The van der Waals surface area contributed by atoms with Crippen molar-refractivity contribution in [1.29, 1.82) is 0 Å². The van der Waals surface area contributed by atoms with E-state index in [1.54, 1.807) is 54.6 Å². The molecule has 0 N–H and O–H groups in total. The van der Waals surface area contributed by atoms with Gasteiger partial charge in [-0.05, 0) is 54.6 Å². The maximum absolute atomic E-state index is 14.3. The van der Waals surface area contributed by atoms with E-state index in [1.165, 1.54) is 54.6 Å². The lowest BCUT2D eigenvalue weighted by atomic mass is 9.77. The fourth-order valence-electron chi connectivity index (χ4n) is 9.41. The molecule has 4 aliphatic rings. The molecule has 9 rings (SSSR count). The molecule has 23 heteroatoms. The lowest BCUT2D eigenvalue weighted by Gasteiger charge is -2.42. The minimum absolute atomic E-state index is 0.00665. The summed E-state index contributed by atoms with van der Waals surface area (Å²) in [6.45, 7) is 5.34. The SMILES string of the molecule is CC(=O)O[C@@H]1[C@@H](OC(C)=O)[C@H](Oc2c(OC(=O)c3ccccc3)ccc3c2Oc2c(ccc(OC(=O)c4ccccc4)c2O[C@@H]2OC[C@@H](OC(C)=O)[C@H](OC(C)=O)[C@H]2OC(C)=O)C32OC(=O)c3ccccc32)OC[C@H]1OC(C)=O. The highest BCUT2D eigenvalue weighted by Crippen LogP contribution is 2.63. The van der Waals surface area contributed by atoms with Crippen LogP contribution in [0.15, 0.2) is 109 Å². The summed E-state index contributed by atoms with van der Waals surface area (Å²) in [5, 5.41) is 0. The summed E-state index contributed by atoms with van der Waals surface area (Å²) in [4.78, 5) is 118. The highest BCUT2D eigenvalue weighted by atomic mass is 16.7. The molecule has 0 unspecified atom stereocenters. The standard InChI is InChI=1S/C56H48O23/c1-27(57)68-41-25-66-54(49(72-31(5)61)47(41)70-29(3)59)77-45-39(74-51(63)33-15-9-7-10-16-33)23-21-37-43(45)76-44-38(56(37)36-20-14-13-19-35(36)53(65)79-56)22-24-40(75-52(64)34-17-11-8-12-18-34)46(44)78-55-50(73-32(6)62)48(71-30(4)60)42(26-67-55)69-28(2)58/h7-24,41-42,47-50,54-55H,25-26H2,1-6H3/t41-,42-,47+,48+,49-,50-,54+,55+/m1/s1. The van der Waals surface area contributed by atoms with Crippen molar-refractivity contribution in [3.05, 3.63) is 143 Å². The Labute approximate surface area is 448 Å². The molecule has 4 aliphatic heterocycles. The Bertz CT molecular complexity index is 3060. The van der Waals surface area contributed by atoms with Gasteiger partial charge in [0.25, 0.3) is 0 Å². The van der Waals surface area contributed by atoms with E-state index in [0.29, 0.717) is 0 Å². The number of hydrogen-bond donors (Lipinski definition) is 0. The second-order valence-corrected chi connectivity index (χ2v) is 18.0. The van der Waals surface area contributed by atoms with Crippen molar-refractivity contribution in [2.75, 3.05) is 13.2 Å². The van der Waals surface area contributed by atoms with Gasteiger partial charge in [0, 0.05) is 47.1 Å². The van der Waals surface area contributed by atoms with Crippen LogP contribution in [0.3, 0.4) is 0 Å². The van der Waals surface area contributed by atoms with E-state index in [0.717, 1.165) is 41.5 Å². The minimum atomic E-state index is -2.09. The van der Waals surface area contributed by atoms with Gasteiger partial charge in [0.05, 0.1) is 41.0 Å². The van der Waals surface area contributed by atoms with Gasteiger partial charge in [0.15, 0.2) is 53.0 Å². The number of esters is 9. The van der Waals surface area contributed by atoms with E-state index in [9.17, 15) is 43.2 Å². The summed E-state index contributed by atoms with van der Waals surface area (Å²) >= 11 is 0. The fourth-order valence-corrected chi connectivity index (χ4v) is 9.41. The zero-order chi connectivity index (χ0) is 56.3. The maximum Gasteiger partial charge on any atom is 0.343 e. The number of fused-ring (bicyclic) bond motifs is 6. The predicted molar refractivity (Wildman–Crippen MR) is 262 cm³/mol. The first kappa shape index (κ1) is 54.4. The van der Waals surface area contributed by atoms with Crippen LogP contribution in [0.5, 0.6) is 34.5 Å². The summed E-state index contributed by atoms with van der Waals surface area (Å²) in [5.41, 5.74) is -1.69. The Morgan fingerprint density at radius 2 is 0.823 bits per heavy atom. The van der Waals surface area contributed by atoms with E-state index in [2.05, 4.69) is 0 Å². The van der Waals surface area contributed by atoms with Crippen LogP contribution in [0.1, 0.15) is 89.3 Å². The third kappa shape index (κ3) is 11.2. The van der Waals surface area contributed by atoms with Gasteiger partial charge in [-0.15, -0.1) is 0 Å². The summed E-state index contributed by atoms with van der Waals surface area (Å²) < 4.78 is 84.4. The van der Waals surface area contributed by atoms with Crippen molar-refractivity contribution >= 4 is 53.7 Å².